The topological polar surface area (TPSA) is 59.3 Å². The second kappa shape index (κ2) is 6.74. The summed E-state index contributed by atoms with van der Waals surface area (Å²) in [5.74, 6) is -0.491. The Morgan fingerprint density at radius 1 is 1.38 bits per heavy atom. The number of hydrogen-bond acceptors (Lipinski definition) is 2. The molecule has 0 bridgehead atoms. The van der Waals surface area contributed by atoms with Crippen LogP contribution in [0.1, 0.15) is 49.9 Å². The molecule has 0 aliphatic heterocycles. The molecule has 1 aliphatic rings. The van der Waals surface area contributed by atoms with Crippen molar-refractivity contribution in [3.63, 3.8) is 0 Å². The van der Waals surface area contributed by atoms with E-state index in [1.165, 1.54) is 11.6 Å². The van der Waals surface area contributed by atoms with Crippen LogP contribution in [0.2, 0.25) is 0 Å². The third-order valence-electron chi connectivity index (χ3n) is 3.96. The molecule has 21 heavy (non-hydrogen) atoms. The molecule has 1 aromatic rings. The first-order valence-electron chi connectivity index (χ1n) is 7.65. The summed E-state index contributed by atoms with van der Waals surface area (Å²) in [6, 6.07) is 1.88. The van der Waals surface area contributed by atoms with E-state index >= 15 is 0 Å². The lowest BCUT2D eigenvalue weighted by atomic mass is 9.94. The molecule has 4 nitrogen and oxygen atoms in total. The Labute approximate surface area is 125 Å². The van der Waals surface area contributed by atoms with E-state index < -0.39 is 5.97 Å². The van der Waals surface area contributed by atoms with Gasteiger partial charge in [0.25, 0.3) is 5.56 Å². The molecule has 0 radical (unpaired) electrons. The average Bonchev–Trinajstić information content (AvgIpc) is 2.44. The quantitative estimate of drug-likeness (QED) is 0.848. The normalized spacial score (nSPS) is 14.6. The third-order valence-corrected chi connectivity index (χ3v) is 3.96. The second-order valence-corrected chi connectivity index (χ2v) is 6.09. The molecule has 2 rings (SSSR count). The molecule has 0 atom stereocenters. The van der Waals surface area contributed by atoms with Gasteiger partial charge >= 0.3 is 5.97 Å². The summed E-state index contributed by atoms with van der Waals surface area (Å²) in [7, 11) is 0. The van der Waals surface area contributed by atoms with Crippen molar-refractivity contribution in [2.45, 2.75) is 52.5 Å². The Bertz CT molecular complexity index is 611. The van der Waals surface area contributed by atoms with Crippen LogP contribution in [-0.2, 0) is 24.2 Å². The first kappa shape index (κ1) is 15.5. The molecule has 0 saturated heterocycles. The smallest absolute Gasteiger partial charge is 0.328 e. The number of hydrogen-bond donors (Lipinski definition) is 1. The number of carboxylic acids is 1. The van der Waals surface area contributed by atoms with Gasteiger partial charge in [0.15, 0.2) is 0 Å². The van der Waals surface area contributed by atoms with Crippen molar-refractivity contribution >= 4 is 12.0 Å². The molecule has 114 valence electrons. The molecule has 4 heteroatoms. The molecule has 1 aliphatic carbocycles. The highest BCUT2D eigenvalue weighted by Gasteiger charge is 2.17. The number of aryl methyl sites for hydroxylation is 1. The minimum Gasteiger partial charge on any atom is -0.478 e. The van der Waals surface area contributed by atoms with Gasteiger partial charge in [0.1, 0.15) is 0 Å². The summed E-state index contributed by atoms with van der Waals surface area (Å²) in [6.45, 7) is 5.00. The number of fused-ring (bicyclic) bond motifs is 1. The molecule has 0 fully saturated rings. The van der Waals surface area contributed by atoms with Crippen molar-refractivity contribution in [1.82, 2.24) is 4.57 Å². The molecular weight excluding hydrogens is 266 g/mol. The lowest BCUT2D eigenvalue weighted by Crippen LogP contribution is -2.29. The van der Waals surface area contributed by atoms with Crippen LogP contribution in [-0.4, -0.2) is 15.6 Å². The van der Waals surface area contributed by atoms with Gasteiger partial charge < -0.3 is 9.67 Å². The predicted molar refractivity (Wildman–Crippen MR) is 83.5 cm³/mol. The van der Waals surface area contributed by atoms with E-state index in [1.807, 2.05) is 10.6 Å². The number of carboxylic acid groups (broad SMARTS) is 1. The van der Waals surface area contributed by atoms with Gasteiger partial charge in [-0.2, -0.15) is 0 Å². The van der Waals surface area contributed by atoms with Crippen LogP contribution in [0.5, 0.6) is 0 Å². The lowest BCUT2D eigenvalue weighted by molar-refractivity contribution is -0.131. The summed E-state index contributed by atoms with van der Waals surface area (Å²) < 4.78 is 1.87. The van der Waals surface area contributed by atoms with Crippen LogP contribution < -0.4 is 5.56 Å². The zero-order valence-corrected chi connectivity index (χ0v) is 12.8. The Hall–Kier alpha value is -1.84. The predicted octanol–water partition coefficient (Wildman–Crippen LogP) is 2.87. The van der Waals surface area contributed by atoms with E-state index in [2.05, 4.69) is 13.8 Å². The summed E-state index contributed by atoms with van der Waals surface area (Å²) in [6.07, 6.45) is 7.61. The average molecular weight is 289 g/mol. The van der Waals surface area contributed by atoms with Crippen LogP contribution >= 0.6 is 0 Å². The molecule has 0 spiro atoms. The van der Waals surface area contributed by atoms with Gasteiger partial charge in [0, 0.05) is 23.9 Å². The fraction of sp³-hybridized carbons (Fsp3) is 0.529. The van der Waals surface area contributed by atoms with Gasteiger partial charge in [-0.05, 0) is 55.7 Å². The molecule has 0 aromatic carbocycles. The van der Waals surface area contributed by atoms with E-state index in [4.69, 9.17) is 5.11 Å². The van der Waals surface area contributed by atoms with Crippen LogP contribution in [0.25, 0.3) is 6.08 Å². The van der Waals surface area contributed by atoms with Gasteiger partial charge in [0.05, 0.1) is 0 Å². The highest BCUT2D eigenvalue weighted by molar-refractivity contribution is 5.85. The van der Waals surface area contributed by atoms with E-state index in [0.717, 1.165) is 43.9 Å². The zero-order chi connectivity index (χ0) is 15.4. The summed E-state index contributed by atoms with van der Waals surface area (Å²) in [5.41, 5.74) is 2.78. The van der Waals surface area contributed by atoms with E-state index in [-0.39, 0.29) is 5.56 Å². The van der Waals surface area contributed by atoms with Crippen molar-refractivity contribution in [1.29, 1.82) is 0 Å². The molecule has 0 unspecified atom stereocenters. The van der Waals surface area contributed by atoms with Crippen LogP contribution in [0.15, 0.2) is 16.9 Å². The molecular formula is C17H23NO3. The first-order valence-corrected chi connectivity index (χ1v) is 7.65. The standard InChI is InChI=1S/C17H23NO3/c1-12(2)9-10-18-15-6-4-3-5-13(15)11-14(17(18)21)7-8-16(19)20/h7-8,11-12H,3-6,9-10H2,1-2H3,(H,19,20)/b8-7+. The Kier molecular flexibility index (Phi) is 4.99. The number of nitrogens with zero attached hydrogens (tertiary/aromatic N) is 1. The largest absolute Gasteiger partial charge is 0.478 e. The fourth-order valence-electron chi connectivity index (χ4n) is 2.81. The fourth-order valence-corrected chi connectivity index (χ4v) is 2.81. The van der Waals surface area contributed by atoms with Crippen LogP contribution in [0, 0.1) is 5.92 Å². The minimum absolute atomic E-state index is 0.0613. The SMILES string of the molecule is CC(C)CCn1c2c(cc(/C=C/C(=O)O)c1=O)CCCC2. The number of pyridine rings is 1. The highest BCUT2D eigenvalue weighted by atomic mass is 16.4. The monoisotopic (exact) mass is 289 g/mol. The Balaban J connectivity index is 2.46. The molecule has 1 aromatic heterocycles. The zero-order valence-electron chi connectivity index (χ0n) is 12.8. The van der Waals surface area contributed by atoms with Crippen LogP contribution in [0.4, 0.5) is 0 Å². The summed E-state index contributed by atoms with van der Waals surface area (Å²) in [5, 5.41) is 8.75. The number of carbonyl (C=O) groups is 1. The van der Waals surface area contributed by atoms with Crippen molar-refractivity contribution < 1.29 is 9.90 Å². The molecule has 0 saturated carbocycles. The maximum Gasteiger partial charge on any atom is 0.328 e. The summed E-state index contributed by atoms with van der Waals surface area (Å²) in [4.78, 5) is 23.3. The maximum atomic E-state index is 12.6. The summed E-state index contributed by atoms with van der Waals surface area (Å²) >= 11 is 0. The number of rotatable bonds is 5. The van der Waals surface area contributed by atoms with Gasteiger partial charge in [-0.3, -0.25) is 4.79 Å². The third kappa shape index (κ3) is 3.84. The van der Waals surface area contributed by atoms with Crippen molar-refractivity contribution in [2.75, 3.05) is 0 Å². The molecule has 0 amide bonds. The Morgan fingerprint density at radius 3 is 2.76 bits per heavy atom. The van der Waals surface area contributed by atoms with E-state index in [1.54, 1.807) is 0 Å². The van der Waals surface area contributed by atoms with Gasteiger partial charge in [-0.25, -0.2) is 4.79 Å². The van der Waals surface area contributed by atoms with Crippen molar-refractivity contribution in [3.05, 3.63) is 39.3 Å². The Morgan fingerprint density at radius 2 is 2.10 bits per heavy atom. The highest BCUT2D eigenvalue weighted by Crippen LogP contribution is 2.22. The number of aliphatic carboxylic acids is 1. The lowest BCUT2D eigenvalue weighted by Gasteiger charge is -2.22. The van der Waals surface area contributed by atoms with Gasteiger partial charge in [-0.15, -0.1) is 0 Å². The first-order chi connectivity index (χ1) is 9.99. The van der Waals surface area contributed by atoms with Crippen molar-refractivity contribution in [2.24, 2.45) is 5.92 Å². The second-order valence-electron chi connectivity index (χ2n) is 6.09. The van der Waals surface area contributed by atoms with Crippen LogP contribution in [0.3, 0.4) is 0 Å². The molecule has 1 heterocycles. The van der Waals surface area contributed by atoms with Gasteiger partial charge in [-0.1, -0.05) is 13.8 Å². The van der Waals surface area contributed by atoms with E-state index in [9.17, 15) is 9.59 Å². The molecule has 1 N–H and O–H groups in total. The van der Waals surface area contributed by atoms with E-state index in [0.29, 0.717) is 18.0 Å². The minimum atomic E-state index is -1.03. The van der Waals surface area contributed by atoms with Gasteiger partial charge in [0.2, 0.25) is 0 Å². The van der Waals surface area contributed by atoms with Crippen molar-refractivity contribution in [3.8, 4) is 0 Å². The maximum absolute atomic E-state index is 12.6. The number of aromatic nitrogens is 1.